The molecule has 10 heteroatoms. The molecule has 0 saturated heterocycles. The summed E-state index contributed by atoms with van der Waals surface area (Å²) in [4.78, 5) is 29.6. The molecule has 0 fully saturated rings. The minimum atomic E-state index is -0.470. The summed E-state index contributed by atoms with van der Waals surface area (Å²) in [5, 5.41) is 12.0. The van der Waals surface area contributed by atoms with Crippen molar-refractivity contribution in [3.05, 3.63) is 46.2 Å². The molecule has 1 aliphatic carbocycles. The van der Waals surface area contributed by atoms with Crippen molar-refractivity contribution < 1.29 is 19.4 Å². The number of primary amides is 1. The van der Waals surface area contributed by atoms with E-state index in [0.717, 1.165) is 28.0 Å². The lowest BCUT2D eigenvalue weighted by molar-refractivity contribution is 0.0945. The molecule has 3 heterocycles. The van der Waals surface area contributed by atoms with Gasteiger partial charge in [-0.25, -0.2) is 9.36 Å². The van der Waals surface area contributed by atoms with Crippen molar-refractivity contribution in [1.29, 1.82) is 0 Å². The molecule has 4 rings (SSSR count). The van der Waals surface area contributed by atoms with Crippen LogP contribution in [-0.2, 0) is 12.8 Å². The number of rotatable bonds is 7. The Kier molecular flexibility index (Phi) is 5.56. The molecule has 150 valence electrons. The number of ether oxygens (including phenoxy) is 1. The van der Waals surface area contributed by atoms with Crippen LogP contribution in [0.15, 0.2) is 24.5 Å². The third kappa shape index (κ3) is 3.86. The number of nitrogens with one attached hydrogen (secondary N) is 1. The Morgan fingerprint density at radius 3 is 2.86 bits per heavy atom. The van der Waals surface area contributed by atoms with E-state index < -0.39 is 5.91 Å². The molecule has 8 nitrogen and oxygen atoms in total. The number of hydrogen-bond donors (Lipinski definition) is 3. The summed E-state index contributed by atoms with van der Waals surface area (Å²) in [5.41, 5.74) is 8.74. The summed E-state index contributed by atoms with van der Waals surface area (Å²) >= 11 is 2.59. The highest BCUT2D eigenvalue weighted by Crippen LogP contribution is 2.49. The molecule has 0 aliphatic heterocycles. The first-order chi connectivity index (χ1) is 14.1. The lowest BCUT2D eigenvalue weighted by Crippen LogP contribution is -2.25. The number of aromatic nitrogens is 2. The summed E-state index contributed by atoms with van der Waals surface area (Å²) in [6, 6.07) is 3.22. The van der Waals surface area contributed by atoms with Crippen LogP contribution >= 0.6 is 22.9 Å². The van der Waals surface area contributed by atoms with Gasteiger partial charge in [-0.1, -0.05) is 11.3 Å². The van der Waals surface area contributed by atoms with E-state index in [-0.39, 0.29) is 18.2 Å². The maximum Gasteiger partial charge on any atom is 0.269 e. The quantitative estimate of drug-likeness (QED) is 0.494. The Balaban J connectivity index is 1.59. The number of pyridine rings is 1. The van der Waals surface area contributed by atoms with E-state index in [2.05, 4.69) is 14.7 Å². The second-order valence-corrected chi connectivity index (χ2v) is 8.22. The molecule has 0 saturated carbocycles. The first kappa shape index (κ1) is 19.5. The molecule has 4 N–H and O–H groups in total. The normalized spacial score (nSPS) is 12.2. The smallest absolute Gasteiger partial charge is 0.269 e. The van der Waals surface area contributed by atoms with Gasteiger partial charge in [-0.05, 0) is 54.1 Å². The second kappa shape index (κ2) is 8.27. The number of aliphatic hydroxyl groups excluding tert-OH is 1. The van der Waals surface area contributed by atoms with Crippen LogP contribution in [0.1, 0.15) is 37.7 Å². The molecule has 0 aromatic carbocycles. The van der Waals surface area contributed by atoms with Gasteiger partial charge in [-0.2, -0.15) is 0 Å². The van der Waals surface area contributed by atoms with Gasteiger partial charge in [-0.3, -0.25) is 9.59 Å². The Bertz CT molecular complexity index is 1060. The Labute approximate surface area is 174 Å². The summed E-state index contributed by atoms with van der Waals surface area (Å²) < 4.78 is 10.3. The van der Waals surface area contributed by atoms with E-state index in [0.29, 0.717) is 35.1 Å². The van der Waals surface area contributed by atoms with Crippen molar-refractivity contribution in [1.82, 2.24) is 14.7 Å². The molecule has 3 aromatic rings. The average Bonchev–Trinajstić information content (AvgIpc) is 3.33. The average molecular weight is 431 g/mol. The maximum absolute atomic E-state index is 12.0. The summed E-state index contributed by atoms with van der Waals surface area (Å²) in [6.45, 7) is 0.393. The van der Waals surface area contributed by atoms with Crippen molar-refractivity contribution in [2.24, 2.45) is 5.73 Å². The second-order valence-electron chi connectivity index (χ2n) is 6.43. The van der Waals surface area contributed by atoms with Crippen LogP contribution in [0.3, 0.4) is 0 Å². The number of hydrogen-bond acceptors (Lipinski definition) is 8. The van der Waals surface area contributed by atoms with Gasteiger partial charge in [0.2, 0.25) is 0 Å². The third-order valence-electron chi connectivity index (χ3n) is 4.51. The molecule has 0 bridgehead atoms. The van der Waals surface area contributed by atoms with E-state index in [1.54, 1.807) is 12.1 Å². The summed E-state index contributed by atoms with van der Waals surface area (Å²) in [5.74, 6) is -0.334. The molecular weight excluding hydrogens is 412 g/mol. The predicted molar refractivity (Wildman–Crippen MR) is 110 cm³/mol. The molecule has 3 aromatic heterocycles. The third-order valence-corrected chi connectivity index (χ3v) is 6.50. The summed E-state index contributed by atoms with van der Waals surface area (Å²) in [6.07, 6.45) is 5.33. The molecule has 2 amide bonds. The standard InChI is InChI=1S/C19H18N4O4S2/c20-17(25)16-12-4-2-10-8-23-29-15(10)14(12)19(28-16)27-11-3-5-13(22-9-11)18(26)21-6-1-7-24/h3,5,8-9,24H,1-2,4,6-7H2,(H2,20,25)(H,21,26). The molecule has 29 heavy (non-hydrogen) atoms. The van der Waals surface area contributed by atoms with Gasteiger partial charge in [0.25, 0.3) is 11.8 Å². The van der Waals surface area contributed by atoms with Gasteiger partial charge >= 0.3 is 0 Å². The highest BCUT2D eigenvalue weighted by molar-refractivity contribution is 7.17. The predicted octanol–water partition coefficient (Wildman–Crippen LogP) is 2.37. The highest BCUT2D eigenvalue weighted by Gasteiger charge is 2.30. The topological polar surface area (TPSA) is 127 Å². The Morgan fingerprint density at radius 1 is 1.28 bits per heavy atom. The van der Waals surface area contributed by atoms with Crippen LogP contribution < -0.4 is 15.8 Å². The van der Waals surface area contributed by atoms with Crippen LogP contribution in [-0.4, -0.2) is 39.4 Å². The van der Waals surface area contributed by atoms with E-state index >= 15 is 0 Å². The number of amides is 2. The van der Waals surface area contributed by atoms with Crippen LogP contribution in [0.4, 0.5) is 0 Å². The number of nitrogens with two attached hydrogens (primary N) is 1. The van der Waals surface area contributed by atoms with Gasteiger partial charge in [0.15, 0.2) is 5.06 Å². The van der Waals surface area contributed by atoms with Crippen molar-refractivity contribution >= 4 is 34.7 Å². The fourth-order valence-corrected chi connectivity index (χ4v) is 5.15. The van der Waals surface area contributed by atoms with Crippen molar-refractivity contribution in [2.45, 2.75) is 19.3 Å². The molecule has 0 atom stereocenters. The van der Waals surface area contributed by atoms with Gasteiger partial charge in [-0.15, -0.1) is 0 Å². The first-order valence-electron chi connectivity index (χ1n) is 9.01. The van der Waals surface area contributed by atoms with Crippen molar-refractivity contribution in [2.75, 3.05) is 13.2 Å². The van der Waals surface area contributed by atoms with Gasteiger partial charge in [0, 0.05) is 19.3 Å². The van der Waals surface area contributed by atoms with Gasteiger partial charge < -0.3 is 20.9 Å². The van der Waals surface area contributed by atoms with E-state index in [1.807, 2.05) is 6.20 Å². The Morgan fingerprint density at radius 2 is 2.14 bits per heavy atom. The number of carbonyl (C=O) groups excluding carboxylic acids is 2. The van der Waals surface area contributed by atoms with Gasteiger partial charge in [0.1, 0.15) is 11.4 Å². The zero-order valence-electron chi connectivity index (χ0n) is 15.3. The largest absolute Gasteiger partial charge is 0.444 e. The molecule has 0 unspecified atom stereocenters. The van der Waals surface area contributed by atoms with Crippen LogP contribution in [0, 0.1) is 0 Å². The molecule has 1 aliphatic rings. The number of nitrogens with zero attached hydrogens (tertiary/aromatic N) is 2. The number of aryl methyl sites for hydroxylation is 1. The monoisotopic (exact) mass is 430 g/mol. The highest BCUT2D eigenvalue weighted by atomic mass is 32.1. The first-order valence-corrected chi connectivity index (χ1v) is 10.6. The molecular formula is C19H18N4O4S2. The van der Waals surface area contributed by atoms with Crippen LogP contribution in [0.25, 0.3) is 10.4 Å². The Hall–Kier alpha value is -2.82. The van der Waals surface area contributed by atoms with E-state index in [4.69, 9.17) is 15.6 Å². The lowest BCUT2D eigenvalue weighted by atomic mass is 9.93. The number of fused-ring (bicyclic) bond motifs is 3. The SMILES string of the molecule is NC(=O)c1sc(Oc2ccc(C(=O)NCCCO)nc2)c2c1CCc1cnsc1-2. The minimum Gasteiger partial charge on any atom is -0.444 e. The number of aliphatic hydroxyl groups is 1. The number of thiophene rings is 1. The van der Waals surface area contributed by atoms with Gasteiger partial charge in [0.05, 0.1) is 21.5 Å². The zero-order valence-corrected chi connectivity index (χ0v) is 16.9. The minimum absolute atomic E-state index is 0.0143. The molecule has 0 spiro atoms. The number of carbonyl (C=O) groups is 2. The van der Waals surface area contributed by atoms with Crippen molar-refractivity contribution in [3.8, 4) is 21.3 Å². The lowest BCUT2D eigenvalue weighted by Gasteiger charge is -2.14. The molecule has 0 radical (unpaired) electrons. The zero-order chi connectivity index (χ0) is 20.4. The summed E-state index contributed by atoms with van der Waals surface area (Å²) in [7, 11) is 0. The van der Waals surface area contributed by atoms with Crippen LogP contribution in [0.5, 0.6) is 10.8 Å². The fourth-order valence-electron chi connectivity index (χ4n) is 3.14. The van der Waals surface area contributed by atoms with Crippen molar-refractivity contribution in [3.63, 3.8) is 0 Å². The van der Waals surface area contributed by atoms with E-state index in [9.17, 15) is 9.59 Å². The maximum atomic E-state index is 12.0. The van der Waals surface area contributed by atoms with Crippen LogP contribution in [0.2, 0.25) is 0 Å². The van der Waals surface area contributed by atoms with E-state index in [1.165, 1.54) is 29.1 Å². The fraction of sp³-hybridized carbons (Fsp3) is 0.263.